The minimum atomic E-state index is -4.00. The first-order valence-corrected chi connectivity index (χ1v) is 9.41. The van der Waals surface area contributed by atoms with E-state index in [0.29, 0.717) is 16.5 Å². The number of fused-ring (bicyclic) bond motifs is 2. The van der Waals surface area contributed by atoms with E-state index < -0.39 is 10.1 Å². The van der Waals surface area contributed by atoms with Crippen LogP contribution in [0.3, 0.4) is 0 Å². The molecule has 3 aromatic rings. The van der Waals surface area contributed by atoms with Crippen molar-refractivity contribution in [2.24, 2.45) is 0 Å². The molecular weight excluding hydrogens is 336 g/mol. The quantitative estimate of drug-likeness (QED) is 0.434. The third-order valence-corrected chi connectivity index (χ3v) is 5.31. The first kappa shape index (κ1) is 15.9. The van der Waals surface area contributed by atoms with E-state index in [4.69, 9.17) is 9.29 Å². The van der Waals surface area contributed by atoms with Crippen LogP contribution in [0.5, 0.6) is 5.75 Å². The van der Waals surface area contributed by atoms with Crippen molar-refractivity contribution in [2.75, 3.05) is 12.4 Å². The predicted octanol–water partition coefficient (Wildman–Crippen LogP) is 3.07. The largest absolute Gasteiger partial charge is 0.493 e. The summed E-state index contributed by atoms with van der Waals surface area (Å²) in [5.74, 6) is 0.0675. The Morgan fingerprint density at radius 1 is 1.04 bits per heavy atom. The molecule has 5 nitrogen and oxygen atoms in total. The van der Waals surface area contributed by atoms with E-state index in [1.54, 1.807) is 18.2 Å². The molecule has 0 spiro atoms. The Morgan fingerprint density at radius 2 is 1.78 bits per heavy atom. The van der Waals surface area contributed by atoms with Gasteiger partial charge in [-0.1, -0.05) is 18.2 Å². The molecule has 1 N–H and O–H groups in total. The minimum Gasteiger partial charge on any atom is -0.493 e. The molecule has 23 heavy (non-hydrogen) atoms. The van der Waals surface area contributed by atoms with Gasteiger partial charge in [-0.3, -0.25) is 9.35 Å². The fraction of sp³-hybridized carbons (Fsp3) is 0.188. The van der Waals surface area contributed by atoms with Gasteiger partial charge >= 0.3 is 0 Å². The maximum Gasteiger partial charge on any atom is 0.264 e. The van der Waals surface area contributed by atoms with Gasteiger partial charge in [-0.2, -0.15) is 8.42 Å². The van der Waals surface area contributed by atoms with Crippen LogP contribution in [0, 0.1) is 0 Å². The average molecular weight is 350 g/mol. The van der Waals surface area contributed by atoms with E-state index in [0.717, 1.165) is 9.40 Å². The molecule has 2 aromatic carbocycles. The Balaban J connectivity index is 1.98. The van der Waals surface area contributed by atoms with Gasteiger partial charge in [0.2, 0.25) is 0 Å². The fourth-order valence-electron chi connectivity index (χ4n) is 2.36. The normalized spacial score (nSPS) is 11.9. The third-order valence-electron chi connectivity index (χ3n) is 3.37. The topological polar surface area (TPSA) is 80.7 Å². The van der Waals surface area contributed by atoms with Crippen molar-refractivity contribution < 1.29 is 17.7 Å². The molecule has 0 amide bonds. The highest BCUT2D eigenvalue weighted by molar-refractivity contribution is 7.85. The smallest absolute Gasteiger partial charge is 0.264 e. The van der Waals surface area contributed by atoms with Crippen molar-refractivity contribution >= 4 is 41.6 Å². The maximum absolute atomic E-state index is 12.7. The Morgan fingerprint density at radius 3 is 2.57 bits per heavy atom. The van der Waals surface area contributed by atoms with Crippen LogP contribution in [0.4, 0.5) is 0 Å². The third kappa shape index (κ3) is 3.52. The molecule has 1 heterocycles. The van der Waals surface area contributed by atoms with Crippen molar-refractivity contribution in [3.63, 3.8) is 0 Å². The first-order chi connectivity index (χ1) is 11.0. The minimum absolute atomic E-state index is 0.0975. The number of rotatable bonds is 5. The lowest BCUT2D eigenvalue weighted by atomic mass is 10.1. The van der Waals surface area contributed by atoms with Gasteiger partial charge < -0.3 is 4.74 Å². The summed E-state index contributed by atoms with van der Waals surface area (Å²) in [6.45, 7) is 0.107. The van der Waals surface area contributed by atoms with Gasteiger partial charge in [-0.05, 0) is 30.7 Å². The highest BCUT2D eigenvalue weighted by atomic mass is 32.2. The summed E-state index contributed by atoms with van der Waals surface area (Å²) in [5, 5.41) is 1.14. The molecule has 0 saturated carbocycles. The summed E-state index contributed by atoms with van der Waals surface area (Å²) in [4.78, 5) is 12.7. The molecule has 0 fully saturated rings. The monoisotopic (exact) mass is 350 g/mol. The fourth-order valence-corrected chi connectivity index (χ4v) is 3.94. The molecule has 0 bridgehead atoms. The van der Waals surface area contributed by atoms with Crippen LogP contribution in [0.2, 0.25) is 0 Å². The molecule has 0 aliphatic heterocycles. The second-order valence-corrected chi connectivity index (χ2v) is 7.70. The van der Waals surface area contributed by atoms with Crippen LogP contribution in [-0.2, 0) is 10.1 Å². The van der Waals surface area contributed by atoms with Crippen molar-refractivity contribution in [3.8, 4) is 5.75 Å². The van der Waals surface area contributed by atoms with Gasteiger partial charge in [0, 0.05) is 14.8 Å². The summed E-state index contributed by atoms with van der Waals surface area (Å²) in [6.07, 6.45) is 0.153. The van der Waals surface area contributed by atoms with E-state index in [1.165, 1.54) is 11.3 Å². The summed E-state index contributed by atoms with van der Waals surface area (Å²) >= 11 is 1.51. The molecule has 1 aromatic heterocycles. The zero-order chi connectivity index (χ0) is 16.4. The first-order valence-electron chi connectivity index (χ1n) is 6.98. The summed E-state index contributed by atoms with van der Waals surface area (Å²) in [6, 6.07) is 12.7. The Hall–Kier alpha value is -1.96. The lowest BCUT2D eigenvalue weighted by molar-refractivity contribution is 0.319. The van der Waals surface area contributed by atoms with Crippen LogP contribution >= 0.6 is 11.3 Å². The molecule has 0 radical (unpaired) electrons. The molecular formula is C16H14O5S2. The number of benzene rings is 2. The van der Waals surface area contributed by atoms with Crippen LogP contribution in [0.25, 0.3) is 20.2 Å². The lowest BCUT2D eigenvalue weighted by Gasteiger charge is -2.09. The molecule has 7 heteroatoms. The SMILES string of the molecule is O=c1c2ccccc2sc2cccc(OCCCS(=O)(=O)O)c12. The van der Waals surface area contributed by atoms with E-state index in [-0.39, 0.29) is 24.2 Å². The predicted molar refractivity (Wildman–Crippen MR) is 92.1 cm³/mol. The maximum atomic E-state index is 12.7. The molecule has 0 saturated heterocycles. The van der Waals surface area contributed by atoms with Gasteiger partial charge in [-0.15, -0.1) is 11.3 Å². The summed E-state index contributed by atoms with van der Waals surface area (Å²) in [5.41, 5.74) is -0.0975. The highest BCUT2D eigenvalue weighted by Gasteiger charge is 2.11. The number of hydrogen-bond acceptors (Lipinski definition) is 5. The lowest BCUT2D eigenvalue weighted by Crippen LogP contribution is -2.10. The second kappa shape index (κ2) is 6.27. The van der Waals surface area contributed by atoms with Gasteiger partial charge in [0.1, 0.15) is 5.75 Å². The van der Waals surface area contributed by atoms with Crippen molar-refractivity contribution in [2.45, 2.75) is 6.42 Å². The number of hydrogen-bond donors (Lipinski definition) is 1. The highest BCUT2D eigenvalue weighted by Crippen LogP contribution is 2.30. The van der Waals surface area contributed by atoms with Crippen LogP contribution < -0.4 is 10.2 Å². The summed E-state index contributed by atoms with van der Waals surface area (Å²) < 4.78 is 37.4. The standard InChI is InChI=1S/C16H14O5S2/c17-16-11-5-1-2-7-13(11)22-14-8-3-6-12(15(14)16)21-9-4-10-23(18,19)20/h1-3,5-8H,4,9-10H2,(H,18,19,20). The van der Waals surface area contributed by atoms with E-state index in [9.17, 15) is 13.2 Å². The Bertz CT molecular complexity index is 1020. The molecule has 0 aliphatic rings. The molecule has 120 valence electrons. The second-order valence-electron chi connectivity index (χ2n) is 5.04. The van der Waals surface area contributed by atoms with E-state index in [2.05, 4.69) is 0 Å². The van der Waals surface area contributed by atoms with E-state index >= 15 is 0 Å². The van der Waals surface area contributed by atoms with Gasteiger partial charge in [-0.25, -0.2) is 0 Å². The average Bonchev–Trinajstić information content (AvgIpc) is 2.51. The van der Waals surface area contributed by atoms with Crippen LogP contribution in [-0.4, -0.2) is 25.3 Å². The van der Waals surface area contributed by atoms with E-state index in [1.807, 2.05) is 24.3 Å². The molecule has 3 rings (SSSR count). The van der Waals surface area contributed by atoms with Gasteiger partial charge in [0.15, 0.2) is 5.43 Å². The Kier molecular flexibility index (Phi) is 4.34. The van der Waals surface area contributed by atoms with Crippen LogP contribution in [0.1, 0.15) is 6.42 Å². The van der Waals surface area contributed by atoms with Crippen molar-refractivity contribution in [3.05, 3.63) is 52.7 Å². The van der Waals surface area contributed by atoms with Gasteiger partial charge in [0.05, 0.1) is 17.7 Å². The van der Waals surface area contributed by atoms with Gasteiger partial charge in [0.25, 0.3) is 10.1 Å². The Labute approximate surface area is 136 Å². The molecule has 0 atom stereocenters. The molecule has 0 aliphatic carbocycles. The van der Waals surface area contributed by atoms with Crippen LogP contribution in [0.15, 0.2) is 47.3 Å². The van der Waals surface area contributed by atoms with Crippen molar-refractivity contribution in [1.29, 1.82) is 0 Å². The summed E-state index contributed by atoms with van der Waals surface area (Å²) in [7, 11) is -4.00. The molecule has 0 unspecified atom stereocenters. The zero-order valence-electron chi connectivity index (χ0n) is 12.1. The number of ether oxygens (including phenoxy) is 1. The van der Waals surface area contributed by atoms with Crippen molar-refractivity contribution in [1.82, 2.24) is 0 Å². The zero-order valence-corrected chi connectivity index (χ0v) is 13.7.